The van der Waals surface area contributed by atoms with E-state index in [1.165, 1.54) is 0 Å². The summed E-state index contributed by atoms with van der Waals surface area (Å²) < 4.78 is 5.33. The largest absolute Gasteiger partial charge is 0.380 e. The number of rotatable bonds is 6. The molecule has 3 aromatic rings. The molecule has 8 nitrogen and oxygen atoms in total. The van der Waals surface area contributed by atoms with Crippen LogP contribution >= 0.6 is 0 Å². The number of nitrogens with one attached hydrogen (secondary N) is 2. The van der Waals surface area contributed by atoms with E-state index in [0.717, 1.165) is 22.2 Å². The first-order valence-electron chi connectivity index (χ1n) is 9.84. The van der Waals surface area contributed by atoms with E-state index in [0.29, 0.717) is 50.7 Å². The van der Waals surface area contributed by atoms with Crippen molar-refractivity contribution >= 4 is 22.7 Å². The third kappa shape index (κ3) is 3.75. The molecule has 0 unspecified atom stereocenters. The molecule has 3 heterocycles. The summed E-state index contributed by atoms with van der Waals surface area (Å²) >= 11 is 0. The fourth-order valence-corrected chi connectivity index (χ4v) is 3.63. The van der Waals surface area contributed by atoms with Gasteiger partial charge in [0.1, 0.15) is 5.69 Å². The SMILES string of the molecule is CCOCCN(C)C(=O)c1n[nH]c2c1CN(C(=O)c1cc3ccccc3[nH]1)CC2. The molecule has 0 bridgehead atoms. The topological polar surface area (TPSA) is 94.3 Å². The first-order chi connectivity index (χ1) is 14.1. The third-order valence-corrected chi connectivity index (χ3v) is 5.31. The highest BCUT2D eigenvalue weighted by molar-refractivity contribution is 5.98. The second kappa shape index (κ2) is 8.08. The van der Waals surface area contributed by atoms with Crippen LogP contribution < -0.4 is 0 Å². The van der Waals surface area contributed by atoms with Crippen molar-refractivity contribution in [2.75, 3.05) is 33.4 Å². The monoisotopic (exact) mass is 395 g/mol. The molecule has 2 amide bonds. The van der Waals surface area contributed by atoms with Crippen LogP contribution in [-0.2, 0) is 17.7 Å². The predicted molar refractivity (Wildman–Crippen MR) is 109 cm³/mol. The molecule has 8 heteroatoms. The highest BCUT2D eigenvalue weighted by atomic mass is 16.5. The first-order valence-corrected chi connectivity index (χ1v) is 9.84. The molecule has 2 aromatic heterocycles. The minimum atomic E-state index is -0.165. The van der Waals surface area contributed by atoms with Gasteiger partial charge in [-0.2, -0.15) is 5.10 Å². The Morgan fingerprint density at radius 3 is 2.93 bits per heavy atom. The number of nitrogens with zero attached hydrogens (tertiary/aromatic N) is 3. The minimum absolute atomic E-state index is 0.0730. The molecule has 1 aliphatic rings. The molecule has 29 heavy (non-hydrogen) atoms. The molecular formula is C21H25N5O3. The Hall–Kier alpha value is -3.13. The number of H-pyrrole nitrogens is 2. The summed E-state index contributed by atoms with van der Waals surface area (Å²) in [6.45, 7) is 4.45. The van der Waals surface area contributed by atoms with Crippen molar-refractivity contribution in [3.63, 3.8) is 0 Å². The zero-order chi connectivity index (χ0) is 20.4. The summed E-state index contributed by atoms with van der Waals surface area (Å²) in [5.41, 5.74) is 3.60. The van der Waals surface area contributed by atoms with Gasteiger partial charge in [-0.05, 0) is 19.1 Å². The average molecular weight is 395 g/mol. The van der Waals surface area contributed by atoms with Crippen LogP contribution in [0.25, 0.3) is 10.9 Å². The molecule has 0 radical (unpaired) electrons. The van der Waals surface area contributed by atoms with Gasteiger partial charge in [0.25, 0.3) is 11.8 Å². The number of carbonyl (C=O) groups is 2. The third-order valence-electron chi connectivity index (χ3n) is 5.31. The van der Waals surface area contributed by atoms with E-state index >= 15 is 0 Å². The van der Waals surface area contributed by atoms with E-state index in [2.05, 4.69) is 15.2 Å². The van der Waals surface area contributed by atoms with Crippen molar-refractivity contribution in [1.82, 2.24) is 25.0 Å². The molecule has 0 spiro atoms. The fourth-order valence-electron chi connectivity index (χ4n) is 3.63. The Morgan fingerprint density at radius 2 is 2.14 bits per heavy atom. The van der Waals surface area contributed by atoms with Crippen LogP contribution in [0.3, 0.4) is 0 Å². The standard InChI is InChI=1S/C21H25N5O3/c1-3-29-11-10-25(2)21(28)19-15-13-26(9-8-17(15)23-24-19)20(27)18-12-14-6-4-5-7-16(14)22-18/h4-7,12,22H,3,8-11,13H2,1-2H3,(H,23,24). The number of amides is 2. The van der Waals surface area contributed by atoms with Gasteiger partial charge in [-0.1, -0.05) is 18.2 Å². The van der Waals surface area contributed by atoms with Gasteiger partial charge < -0.3 is 19.5 Å². The van der Waals surface area contributed by atoms with E-state index in [1.807, 2.05) is 37.3 Å². The van der Waals surface area contributed by atoms with E-state index < -0.39 is 0 Å². The maximum atomic E-state index is 13.0. The summed E-state index contributed by atoms with van der Waals surface area (Å²) in [6.07, 6.45) is 0.643. The fraction of sp³-hybridized carbons (Fsp3) is 0.381. The van der Waals surface area contributed by atoms with E-state index in [4.69, 9.17) is 4.74 Å². The number of aromatic amines is 2. The van der Waals surface area contributed by atoms with Crippen LogP contribution in [0.5, 0.6) is 0 Å². The Balaban J connectivity index is 1.51. The van der Waals surface area contributed by atoms with Crippen LogP contribution in [0, 0.1) is 0 Å². The molecular weight excluding hydrogens is 370 g/mol. The van der Waals surface area contributed by atoms with Crippen molar-refractivity contribution in [2.45, 2.75) is 19.9 Å². The number of hydrogen-bond acceptors (Lipinski definition) is 4. The van der Waals surface area contributed by atoms with E-state index in [1.54, 1.807) is 16.8 Å². The highest BCUT2D eigenvalue weighted by Crippen LogP contribution is 2.24. The Morgan fingerprint density at radius 1 is 1.31 bits per heavy atom. The van der Waals surface area contributed by atoms with Crippen molar-refractivity contribution in [2.24, 2.45) is 0 Å². The summed E-state index contributed by atoms with van der Waals surface area (Å²) in [6, 6.07) is 9.68. The molecule has 1 aromatic carbocycles. The smallest absolute Gasteiger partial charge is 0.274 e. The van der Waals surface area contributed by atoms with Gasteiger partial charge in [0.15, 0.2) is 5.69 Å². The number of carbonyl (C=O) groups excluding carboxylic acids is 2. The maximum absolute atomic E-state index is 13.0. The van der Waals surface area contributed by atoms with Crippen molar-refractivity contribution in [3.8, 4) is 0 Å². The number of hydrogen-bond donors (Lipinski definition) is 2. The number of fused-ring (bicyclic) bond motifs is 2. The molecule has 152 valence electrons. The Labute approximate surface area is 168 Å². The average Bonchev–Trinajstić information content (AvgIpc) is 3.36. The summed E-state index contributed by atoms with van der Waals surface area (Å²) in [4.78, 5) is 32.4. The van der Waals surface area contributed by atoms with Gasteiger partial charge in [0.05, 0.1) is 13.2 Å². The van der Waals surface area contributed by atoms with Gasteiger partial charge in [0.2, 0.25) is 0 Å². The lowest BCUT2D eigenvalue weighted by atomic mass is 10.0. The van der Waals surface area contributed by atoms with Crippen molar-refractivity contribution < 1.29 is 14.3 Å². The molecule has 0 aliphatic carbocycles. The van der Waals surface area contributed by atoms with E-state index in [-0.39, 0.29) is 11.8 Å². The first kappa shape index (κ1) is 19.2. The van der Waals surface area contributed by atoms with Gasteiger partial charge in [-0.25, -0.2) is 0 Å². The molecule has 1 aliphatic heterocycles. The van der Waals surface area contributed by atoms with E-state index in [9.17, 15) is 9.59 Å². The van der Waals surface area contributed by atoms with Crippen molar-refractivity contribution in [1.29, 1.82) is 0 Å². The molecule has 0 fully saturated rings. The lowest BCUT2D eigenvalue weighted by Crippen LogP contribution is -2.37. The van der Waals surface area contributed by atoms with Crippen LogP contribution in [-0.4, -0.2) is 70.1 Å². The van der Waals surface area contributed by atoms with Gasteiger partial charge in [-0.3, -0.25) is 14.7 Å². The summed E-state index contributed by atoms with van der Waals surface area (Å²) in [5.74, 6) is -0.238. The van der Waals surface area contributed by atoms with Crippen LogP contribution in [0.15, 0.2) is 30.3 Å². The molecule has 0 saturated heterocycles. The second-order valence-corrected chi connectivity index (χ2v) is 7.20. The molecule has 2 N–H and O–H groups in total. The number of benzene rings is 1. The predicted octanol–water partition coefficient (Wildman–Crippen LogP) is 2.20. The van der Waals surface area contributed by atoms with Crippen LogP contribution in [0.1, 0.15) is 39.2 Å². The number of likely N-dealkylation sites (N-methyl/N-ethyl adjacent to an activating group) is 1. The molecule has 0 saturated carbocycles. The number of para-hydroxylation sites is 1. The number of aromatic nitrogens is 3. The lowest BCUT2D eigenvalue weighted by Gasteiger charge is -2.27. The van der Waals surface area contributed by atoms with Crippen molar-refractivity contribution in [3.05, 3.63) is 53.0 Å². The molecule has 4 rings (SSSR count). The Kier molecular flexibility index (Phi) is 5.35. The Bertz CT molecular complexity index is 1010. The molecule has 0 atom stereocenters. The quantitative estimate of drug-likeness (QED) is 0.626. The van der Waals surface area contributed by atoms with Gasteiger partial charge in [0, 0.05) is 55.3 Å². The lowest BCUT2D eigenvalue weighted by molar-refractivity contribution is 0.0688. The summed E-state index contributed by atoms with van der Waals surface area (Å²) in [5, 5.41) is 8.22. The number of ether oxygens (including phenoxy) is 1. The van der Waals surface area contributed by atoms with Crippen LogP contribution in [0.4, 0.5) is 0 Å². The van der Waals surface area contributed by atoms with Crippen LogP contribution in [0.2, 0.25) is 0 Å². The minimum Gasteiger partial charge on any atom is -0.380 e. The normalized spacial score (nSPS) is 13.5. The highest BCUT2D eigenvalue weighted by Gasteiger charge is 2.29. The van der Waals surface area contributed by atoms with Gasteiger partial charge in [-0.15, -0.1) is 0 Å². The van der Waals surface area contributed by atoms with Gasteiger partial charge >= 0.3 is 0 Å². The zero-order valence-corrected chi connectivity index (χ0v) is 16.7. The summed E-state index contributed by atoms with van der Waals surface area (Å²) in [7, 11) is 1.73. The zero-order valence-electron chi connectivity index (χ0n) is 16.7. The second-order valence-electron chi connectivity index (χ2n) is 7.20. The maximum Gasteiger partial charge on any atom is 0.274 e.